The average Bonchev–Trinajstić information content (AvgIpc) is 2.28. The van der Waals surface area contributed by atoms with Crippen molar-refractivity contribution in [1.82, 2.24) is 0 Å². The van der Waals surface area contributed by atoms with E-state index in [1.807, 2.05) is 22.6 Å². The van der Waals surface area contributed by atoms with Crippen LogP contribution in [-0.2, 0) is 14.6 Å². The smallest absolute Gasteiger partial charge is 0.241 e. The van der Waals surface area contributed by atoms with E-state index in [1.54, 1.807) is 0 Å². The van der Waals surface area contributed by atoms with E-state index in [-0.39, 0.29) is 12.2 Å². The summed E-state index contributed by atoms with van der Waals surface area (Å²) in [5.41, 5.74) is 6.05. The Morgan fingerprint density at radius 2 is 2.16 bits per heavy atom. The molecule has 5 nitrogen and oxygen atoms in total. The van der Waals surface area contributed by atoms with Crippen molar-refractivity contribution in [2.75, 3.05) is 17.3 Å². The molecule has 0 aliphatic heterocycles. The predicted octanol–water partition coefficient (Wildman–Crippen LogP) is 1.13. The van der Waals surface area contributed by atoms with Crippen LogP contribution in [0.5, 0.6) is 0 Å². The largest absolute Gasteiger partial charge is 0.324 e. The number of benzene rings is 1. The number of hydrogen-bond donors (Lipinski definition) is 2. The molecular weight excluding hydrogens is 386 g/mol. The molecule has 0 saturated heterocycles. The maximum Gasteiger partial charge on any atom is 0.241 e. The quantitative estimate of drug-likeness (QED) is 0.726. The Morgan fingerprint density at radius 3 is 2.68 bits per heavy atom. The van der Waals surface area contributed by atoms with Crippen molar-refractivity contribution < 1.29 is 17.6 Å². The summed E-state index contributed by atoms with van der Waals surface area (Å²) in [4.78, 5) is 11.7. The van der Waals surface area contributed by atoms with Crippen LogP contribution in [0.1, 0.15) is 6.42 Å². The Morgan fingerprint density at radius 1 is 1.53 bits per heavy atom. The predicted molar refractivity (Wildman–Crippen MR) is 80.0 cm³/mol. The topological polar surface area (TPSA) is 89.3 Å². The summed E-state index contributed by atoms with van der Waals surface area (Å²) in [6.07, 6.45) is 1.13. The fraction of sp³-hybridized carbons (Fsp3) is 0.364. The lowest BCUT2D eigenvalue weighted by Crippen LogP contribution is -2.37. The highest BCUT2D eigenvalue weighted by Crippen LogP contribution is 2.19. The van der Waals surface area contributed by atoms with Crippen LogP contribution < -0.4 is 11.1 Å². The van der Waals surface area contributed by atoms with Gasteiger partial charge in [0.2, 0.25) is 5.91 Å². The minimum Gasteiger partial charge on any atom is -0.324 e. The maximum atomic E-state index is 12.9. The minimum atomic E-state index is -3.15. The van der Waals surface area contributed by atoms with Crippen LogP contribution in [0.4, 0.5) is 10.1 Å². The molecule has 0 spiro atoms. The fourth-order valence-corrected chi connectivity index (χ4v) is 2.58. The van der Waals surface area contributed by atoms with Gasteiger partial charge in [0.1, 0.15) is 15.7 Å². The molecule has 1 rings (SSSR count). The van der Waals surface area contributed by atoms with Crippen molar-refractivity contribution in [1.29, 1.82) is 0 Å². The number of anilines is 1. The highest BCUT2D eigenvalue weighted by Gasteiger charge is 2.17. The number of carbonyl (C=O) groups excluding carboxylic acids is 1. The summed E-state index contributed by atoms with van der Waals surface area (Å²) in [7, 11) is -3.15. The van der Waals surface area contributed by atoms with Gasteiger partial charge in [-0.05, 0) is 47.2 Å². The molecular formula is C11H14FIN2O3S. The first-order valence-electron chi connectivity index (χ1n) is 5.38. The van der Waals surface area contributed by atoms with E-state index >= 15 is 0 Å². The molecule has 1 unspecified atom stereocenters. The molecule has 0 aliphatic rings. The van der Waals surface area contributed by atoms with Gasteiger partial charge in [-0.2, -0.15) is 0 Å². The lowest BCUT2D eigenvalue weighted by molar-refractivity contribution is -0.117. The number of nitrogens with one attached hydrogen (secondary N) is 1. The first-order valence-corrected chi connectivity index (χ1v) is 8.52. The molecule has 0 aliphatic carbocycles. The third-order valence-electron chi connectivity index (χ3n) is 2.33. The lowest BCUT2D eigenvalue weighted by atomic mass is 10.2. The Kier molecular flexibility index (Phi) is 5.68. The summed E-state index contributed by atoms with van der Waals surface area (Å²) in [5.74, 6) is -1.04. The number of carbonyl (C=O) groups is 1. The molecule has 0 heterocycles. The number of rotatable bonds is 5. The highest BCUT2D eigenvalue weighted by molar-refractivity contribution is 14.1. The molecule has 1 atom stereocenters. The van der Waals surface area contributed by atoms with Crippen molar-refractivity contribution in [3.63, 3.8) is 0 Å². The van der Waals surface area contributed by atoms with Crippen molar-refractivity contribution in [2.45, 2.75) is 12.5 Å². The van der Waals surface area contributed by atoms with E-state index in [1.165, 1.54) is 18.2 Å². The van der Waals surface area contributed by atoms with Gasteiger partial charge in [-0.3, -0.25) is 4.79 Å². The molecule has 0 saturated carbocycles. The third kappa shape index (κ3) is 5.83. The SMILES string of the molecule is CS(=O)(=O)CCC(N)C(=O)Nc1ccc(F)cc1I. The van der Waals surface area contributed by atoms with Gasteiger partial charge in [-0.1, -0.05) is 0 Å². The van der Waals surface area contributed by atoms with Crippen LogP contribution in [0, 0.1) is 9.39 Å². The second kappa shape index (κ2) is 6.62. The molecule has 1 amide bonds. The Hall–Kier alpha value is -0.740. The Labute approximate surface area is 124 Å². The fourth-order valence-electron chi connectivity index (χ4n) is 1.29. The Bertz CT molecular complexity index is 577. The van der Waals surface area contributed by atoms with Crippen LogP contribution in [0.15, 0.2) is 18.2 Å². The van der Waals surface area contributed by atoms with Gasteiger partial charge in [-0.15, -0.1) is 0 Å². The first kappa shape index (κ1) is 16.3. The summed E-state index contributed by atoms with van der Waals surface area (Å²) in [5, 5.41) is 2.54. The zero-order chi connectivity index (χ0) is 14.6. The third-order valence-corrected chi connectivity index (χ3v) is 4.20. The molecule has 19 heavy (non-hydrogen) atoms. The molecule has 0 bridgehead atoms. The summed E-state index contributed by atoms with van der Waals surface area (Å²) in [6.45, 7) is 0. The van der Waals surface area contributed by atoms with Crippen LogP contribution in [0.25, 0.3) is 0 Å². The molecule has 8 heteroatoms. The number of amides is 1. The van der Waals surface area contributed by atoms with Crippen molar-refractivity contribution in [3.8, 4) is 0 Å². The number of sulfone groups is 1. The second-order valence-electron chi connectivity index (χ2n) is 4.14. The zero-order valence-corrected chi connectivity index (χ0v) is 13.2. The van der Waals surface area contributed by atoms with Crippen LogP contribution >= 0.6 is 22.6 Å². The van der Waals surface area contributed by atoms with Gasteiger partial charge in [0, 0.05) is 9.83 Å². The zero-order valence-electron chi connectivity index (χ0n) is 10.2. The number of halogens is 2. The van der Waals surface area contributed by atoms with Gasteiger partial charge >= 0.3 is 0 Å². The van der Waals surface area contributed by atoms with Crippen molar-refractivity contribution in [3.05, 3.63) is 27.6 Å². The van der Waals surface area contributed by atoms with E-state index in [0.717, 1.165) is 6.26 Å². The minimum absolute atomic E-state index is 0.0441. The molecule has 0 fully saturated rings. The molecule has 0 aromatic heterocycles. The van der Waals surface area contributed by atoms with Crippen molar-refractivity contribution in [2.24, 2.45) is 5.73 Å². The molecule has 1 aromatic rings. The van der Waals surface area contributed by atoms with Crippen LogP contribution in [0.3, 0.4) is 0 Å². The van der Waals surface area contributed by atoms with Crippen LogP contribution in [-0.4, -0.2) is 32.4 Å². The normalized spacial score (nSPS) is 13.1. The highest BCUT2D eigenvalue weighted by atomic mass is 127. The summed E-state index contributed by atoms with van der Waals surface area (Å²) >= 11 is 1.89. The monoisotopic (exact) mass is 400 g/mol. The van der Waals surface area contributed by atoms with Gasteiger partial charge in [0.05, 0.1) is 17.5 Å². The van der Waals surface area contributed by atoms with E-state index < -0.39 is 27.6 Å². The van der Waals surface area contributed by atoms with Crippen molar-refractivity contribution >= 4 is 44.0 Å². The average molecular weight is 400 g/mol. The van der Waals surface area contributed by atoms with Gasteiger partial charge in [0.25, 0.3) is 0 Å². The number of hydrogen-bond acceptors (Lipinski definition) is 4. The first-order chi connectivity index (χ1) is 8.69. The van der Waals surface area contributed by atoms with Gasteiger partial charge < -0.3 is 11.1 Å². The Balaban J connectivity index is 2.64. The standard InChI is InChI=1S/C11H14FIN2O3S/c1-19(17,18)5-4-9(14)11(16)15-10-3-2-7(12)6-8(10)13/h2-3,6,9H,4-5,14H2,1H3,(H,15,16). The summed E-state index contributed by atoms with van der Waals surface area (Å²) < 4.78 is 35.4. The molecule has 1 aromatic carbocycles. The van der Waals surface area contributed by atoms with Crippen LogP contribution in [0.2, 0.25) is 0 Å². The molecule has 0 radical (unpaired) electrons. The van der Waals surface area contributed by atoms with E-state index in [9.17, 15) is 17.6 Å². The second-order valence-corrected chi connectivity index (χ2v) is 7.56. The maximum absolute atomic E-state index is 12.9. The van der Waals surface area contributed by atoms with Gasteiger partial charge in [0.15, 0.2) is 0 Å². The molecule has 106 valence electrons. The molecule has 3 N–H and O–H groups in total. The van der Waals surface area contributed by atoms with E-state index in [4.69, 9.17) is 5.73 Å². The van der Waals surface area contributed by atoms with Gasteiger partial charge in [-0.25, -0.2) is 12.8 Å². The van der Waals surface area contributed by atoms with E-state index in [0.29, 0.717) is 9.26 Å². The lowest BCUT2D eigenvalue weighted by Gasteiger charge is -2.12. The number of nitrogens with two attached hydrogens (primary N) is 1. The van der Waals surface area contributed by atoms with E-state index in [2.05, 4.69) is 5.32 Å². The summed E-state index contributed by atoms with van der Waals surface area (Å²) in [6, 6.07) is 3.01.